The van der Waals surface area contributed by atoms with Crippen LogP contribution < -0.4 is 5.32 Å². The molecule has 0 spiro atoms. The van der Waals surface area contributed by atoms with Crippen LogP contribution >= 0.6 is 0 Å². The summed E-state index contributed by atoms with van der Waals surface area (Å²) in [4.78, 5) is 16.7. The first-order valence-electron chi connectivity index (χ1n) is 10.1. The van der Waals surface area contributed by atoms with Crippen molar-refractivity contribution in [3.8, 4) is 22.5 Å². The molecule has 4 heteroatoms. The molecule has 0 aliphatic heterocycles. The van der Waals surface area contributed by atoms with Crippen LogP contribution in [0.1, 0.15) is 30.8 Å². The quantitative estimate of drug-likeness (QED) is 0.428. The maximum absolute atomic E-state index is 12.4. The first-order valence-corrected chi connectivity index (χ1v) is 10.1. The minimum absolute atomic E-state index is 0.0194. The predicted molar refractivity (Wildman–Crippen MR) is 119 cm³/mol. The average molecular weight is 396 g/mol. The fourth-order valence-electron chi connectivity index (χ4n) is 3.37. The summed E-state index contributed by atoms with van der Waals surface area (Å²) in [7, 11) is 0. The number of carbonyl (C=O) groups excluding carboxylic acids is 1. The second-order valence-corrected chi connectivity index (χ2v) is 7.26. The van der Waals surface area contributed by atoms with Crippen LogP contribution in [0.25, 0.3) is 22.5 Å². The van der Waals surface area contributed by atoms with Gasteiger partial charge in [0.15, 0.2) is 11.7 Å². The van der Waals surface area contributed by atoms with Crippen LogP contribution in [0.5, 0.6) is 0 Å². The van der Waals surface area contributed by atoms with Gasteiger partial charge in [0.25, 0.3) is 0 Å². The first kappa shape index (κ1) is 19.6. The summed E-state index contributed by atoms with van der Waals surface area (Å²) >= 11 is 0. The maximum atomic E-state index is 12.4. The molecule has 30 heavy (non-hydrogen) atoms. The first-order chi connectivity index (χ1) is 14.7. The molecule has 1 atom stereocenters. The largest absolute Gasteiger partial charge is 0.441 e. The fraction of sp³-hybridized carbons (Fsp3) is 0.154. The van der Waals surface area contributed by atoms with Gasteiger partial charge >= 0.3 is 0 Å². The van der Waals surface area contributed by atoms with Crippen LogP contribution in [-0.4, -0.2) is 10.9 Å². The second kappa shape index (κ2) is 9.23. The van der Waals surface area contributed by atoms with Gasteiger partial charge in [0.2, 0.25) is 5.91 Å². The van der Waals surface area contributed by atoms with Crippen molar-refractivity contribution in [2.75, 3.05) is 0 Å². The van der Waals surface area contributed by atoms with E-state index in [0.29, 0.717) is 18.7 Å². The molecule has 0 saturated carbocycles. The summed E-state index contributed by atoms with van der Waals surface area (Å²) in [6.45, 7) is 1.99. The highest BCUT2D eigenvalue weighted by Gasteiger charge is 2.12. The number of benzene rings is 3. The van der Waals surface area contributed by atoms with E-state index in [4.69, 9.17) is 4.42 Å². The molecule has 3 aromatic carbocycles. The van der Waals surface area contributed by atoms with Gasteiger partial charge in [-0.15, -0.1) is 0 Å². The number of hydrogen-bond acceptors (Lipinski definition) is 3. The molecule has 1 amide bonds. The van der Waals surface area contributed by atoms with Gasteiger partial charge < -0.3 is 9.73 Å². The Bertz CT molecular complexity index is 1090. The summed E-state index contributed by atoms with van der Waals surface area (Å²) in [5.41, 5.74) is 4.40. The summed E-state index contributed by atoms with van der Waals surface area (Å²) in [6, 6.07) is 28.3. The third-order valence-corrected chi connectivity index (χ3v) is 5.07. The minimum atomic E-state index is -0.0632. The van der Waals surface area contributed by atoms with Gasteiger partial charge in [-0.1, -0.05) is 84.9 Å². The van der Waals surface area contributed by atoms with E-state index in [1.54, 1.807) is 6.20 Å². The van der Waals surface area contributed by atoms with Gasteiger partial charge in [-0.25, -0.2) is 4.98 Å². The molecule has 0 fully saturated rings. The summed E-state index contributed by atoms with van der Waals surface area (Å²) in [6.07, 6.45) is 2.51. The number of nitrogens with zero attached hydrogens (tertiary/aromatic N) is 1. The highest BCUT2D eigenvalue weighted by atomic mass is 16.4. The van der Waals surface area contributed by atoms with Crippen molar-refractivity contribution in [1.82, 2.24) is 10.3 Å². The van der Waals surface area contributed by atoms with E-state index < -0.39 is 0 Å². The Balaban J connectivity index is 1.30. The number of oxazole rings is 1. The number of aryl methyl sites for hydroxylation is 1. The van der Waals surface area contributed by atoms with E-state index in [1.165, 1.54) is 5.56 Å². The zero-order chi connectivity index (χ0) is 20.8. The van der Waals surface area contributed by atoms with Crippen LogP contribution in [-0.2, 0) is 11.2 Å². The lowest BCUT2D eigenvalue weighted by atomic mass is 10.0. The molecule has 0 saturated heterocycles. The highest BCUT2D eigenvalue weighted by molar-refractivity contribution is 5.76. The Hall–Kier alpha value is -3.66. The van der Waals surface area contributed by atoms with Crippen LogP contribution in [0.3, 0.4) is 0 Å². The lowest BCUT2D eigenvalue weighted by Crippen LogP contribution is -2.26. The SMILES string of the molecule is CC(NC(=O)CCc1ncc(-c2ccccc2)o1)c1ccc(-c2ccccc2)cc1. The summed E-state index contributed by atoms with van der Waals surface area (Å²) < 4.78 is 5.77. The van der Waals surface area contributed by atoms with Crippen molar-refractivity contribution >= 4 is 5.91 Å². The summed E-state index contributed by atoms with van der Waals surface area (Å²) in [5, 5.41) is 3.06. The Labute approximate surface area is 176 Å². The number of nitrogens with one attached hydrogen (secondary N) is 1. The van der Waals surface area contributed by atoms with E-state index in [1.807, 2.05) is 55.5 Å². The van der Waals surface area contributed by atoms with Crippen LogP contribution in [0.4, 0.5) is 0 Å². The number of rotatable bonds is 7. The highest BCUT2D eigenvalue weighted by Crippen LogP contribution is 2.22. The number of carbonyl (C=O) groups is 1. The molecule has 0 aliphatic carbocycles. The molecule has 4 nitrogen and oxygen atoms in total. The normalized spacial score (nSPS) is 11.8. The van der Waals surface area contributed by atoms with Crippen molar-refractivity contribution in [2.24, 2.45) is 0 Å². The summed E-state index contributed by atoms with van der Waals surface area (Å²) in [5.74, 6) is 1.27. The Morgan fingerprint density at radius 1 is 0.867 bits per heavy atom. The van der Waals surface area contributed by atoms with Gasteiger partial charge in [-0.2, -0.15) is 0 Å². The van der Waals surface area contributed by atoms with Gasteiger partial charge in [0.1, 0.15) is 0 Å². The predicted octanol–water partition coefficient (Wildman–Crippen LogP) is 5.82. The molecule has 0 radical (unpaired) electrons. The topological polar surface area (TPSA) is 55.1 Å². The van der Waals surface area contributed by atoms with Crippen LogP contribution in [0.2, 0.25) is 0 Å². The lowest BCUT2D eigenvalue weighted by molar-refractivity contribution is -0.121. The van der Waals surface area contributed by atoms with Crippen LogP contribution in [0.15, 0.2) is 95.5 Å². The lowest BCUT2D eigenvalue weighted by Gasteiger charge is -2.15. The van der Waals surface area contributed by atoms with Crippen LogP contribution in [0, 0.1) is 0 Å². The van der Waals surface area contributed by atoms with Crippen molar-refractivity contribution < 1.29 is 9.21 Å². The Morgan fingerprint density at radius 2 is 1.47 bits per heavy atom. The van der Waals surface area contributed by atoms with Gasteiger partial charge in [-0.05, 0) is 23.6 Å². The maximum Gasteiger partial charge on any atom is 0.220 e. The van der Waals surface area contributed by atoms with E-state index in [0.717, 1.165) is 22.5 Å². The van der Waals surface area contributed by atoms with Crippen molar-refractivity contribution in [2.45, 2.75) is 25.8 Å². The minimum Gasteiger partial charge on any atom is -0.441 e. The Morgan fingerprint density at radius 3 is 2.13 bits per heavy atom. The molecule has 1 N–H and O–H groups in total. The number of hydrogen-bond donors (Lipinski definition) is 1. The number of aromatic nitrogens is 1. The third-order valence-electron chi connectivity index (χ3n) is 5.07. The molecule has 1 unspecified atom stereocenters. The van der Waals surface area contributed by atoms with Crippen molar-refractivity contribution in [3.05, 3.63) is 103 Å². The fourth-order valence-corrected chi connectivity index (χ4v) is 3.37. The Kier molecular flexibility index (Phi) is 6.04. The smallest absolute Gasteiger partial charge is 0.220 e. The zero-order valence-electron chi connectivity index (χ0n) is 16.9. The van der Waals surface area contributed by atoms with E-state index >= 15 is 0 Å². The van der Waals surface area contributed by atoms with E-state index in [9.17, 15) is 4.79 Å². The number of amides is 1. The van der Waals surface area contributed by atoms with E-state index in [-0.39, 0.29) is 11.9 Å². The third kappa shape index (κ3) is 4.84. The molecule has 0 aliphatic rings. The molecular weight excluding hydrogens is 372 g/mol. The van der Waals surface area contributed by atoms with Crippen molar-refractivity contribution in [1.29, 1.82) is 0 Å². The van der Waals surface area contributed by atoms with Gasteiger partial charge in [-0.3, -0.25) is 4.79 Å². The molecule has 1 heterocycles. The molecule has 1 aromatic heterocycles. The molecule has 4 aromatic rings. The average Bonchev–Trinajstić information content (AvgIpc) is 3.28. The standard InChI is InChI=1S/C26H24N2O2/c1-19(20-12-14-22(15-13-20)21-8-4-2-5-9-21)28-25(29)16-17-26-27-18-24(30-26)23-10-6-3-7-11-23/h2-15,18-19H,16-17H2,1H3,(H,28,29). The van der Waals surface area contributed by atoms with Crippen molar-refractivity contribution in [3.63, 3.8) is 0 Å². The molecule has 0 bridgehead atoms. The van der Waals surface area contributed by atoms with Gasteiger partial charge in [0.05, 0.1) is 12.2 Å². The molecule has 150 valence electrons. The molecular formula is C26H24N2O2. The molecule has 4 rings (SSSR count). The second-order valence-electron chi connectivity index (χ2n) is 7.26. The zero-order valence-corrected chi connectivity index (χ0v) is 16.9. The monoisotopic (exact) mass is 396 g/mol. The van der Waals surface area contributed by atoms with E-state index in [2.05, 4.69) is 46.7 Å². The van der Waals surface area contributed by atoms with Gasteiger partial charge in [0, 0.05) is 18.4 Å².